The van der Waals surface area contributed by atoms with Crippen LogP contribution in [0, 0.1) is 0 Å². The van der Waals surface area contributed by atoms with E-state index in [0.29, 0.717) is 0 Å². The quantitative estimate of drug-likeness (QED) is 0.925. The van der Waals surface area contributed by atoms with Gasteiger partial charge < -0.3 is 10.6 Å². The number of nitrogens with two attached hydrogens (primary N) is 1. The van der Waals surface area contributed by atoms with Gasteiger partial charge >= 0.3 is 0 Å². The van der Waals surface area contributed by atoms with Crippen molar-refractivity contribution in [1.82, 2.24) is 0 Å². The van der Waals surface area contributed by atoms with Crippen LogP contribution in [0.5, 0.6) is 0 Å². The molecule has 1 heterocycles. The lowest BCUT2D eigenvalue weighted by molar-refractivity contribution is 0.730. The Morgan fingerprint density at radius 2 is 1.83 bits per heavy atom. The Morgan fingerprint density at radius 3 is 2.33 bits per heavy atom. The lowest BCUT2D eigenvalue weighted by Gasteiger charge is -2.15. The number of rotatable bonds is 4. The fourth-order valence-corrected chi connectivity index (χ4v) is 2.96. The van der Waals surface area contributed by atoms with E-state index in [4.69, 9.17) is 17.3 Å². The van der Waals surface area contributed by atoms with Crippen LogP contribution in [0.4, 0.5) is 5.69 Å². The van der Waals surface area contributed by atoms with Crippen LogP contribution in [0.2, 0.25) is 4.34 Å². The summed E-state index contributed by atoms with van der Waals surface area (Å²) in [5.41, 5.74) is 8.56. The molecule has 1 atom stereocenters. The van der Waals surface area contributed by atoms with Gasteiger partial charge in [0.25, 0.3) is 0 Å². The lowest BCUT2D eigenvalue weighted by Crippen LogP contribution is -2.13. The van der Waals surface area contributed by atoms with E-state index in [9.17, 15) is 0 Å². The molecule has 4 heteroatoms. The summed E-state index contributed by atoms with van der Waals surface area (Å²) in [4.78, 5) is 3.30. The lowest BCUT2D eigenvalue weighted by atomic mass is 10.0. The van der Waals surface area contributed by atoms with Crippen molar-refractivity contribution in [2.75, 3.05) is 19.0 Å². The summed E-state index contributed by atoms with van der Waals surface area (Å²) < 4.78 is 0.820. The van der Waals surface area contributed by atoms with Gasteiger partial charge in [0, 0.05) is 37.1 Å². The molecule has 2 N–H and O–H groups in total. The summed E-state index contributed by atoms with van der Waals surface area (Å²) in [6, 6.07) is 12.4. The molecule has 0 radical (unpaired) electrons. The van der Waals surface area contributed by atoms with Crippen molar-refractivity contribution in [3.8, 4) is 0 Å². The number of hydrogen-bond donors (Lipinski definition) is 1. The molecule has 96 valence electrons. The number of halogens is 1. The molecule has 0 saturated heterocycles. The van der Waals surface area contributed by atoms with Crippen molar-refractivity contribution < 1.29 is 0 Å². The van der Waals surface area contributed by atoms with E-state index in [1.165, 1.54) is 10.6 Å². The minimum Gasteiger partial charge on any atom is -0.378 e. The van der Waals surface area contributed by atoms with Gasteiger partial charge in [0.05, 0.1) is 4.34 Å². The highest BCUT2D eigenvalue weighted by atomic mass is 35.5. The molecule has 0 spiro atoms. The number of anilines is 1. The van der Waals surface area contributed by atoms with Crippen LogP contribution in [0.1, 0.15) is 16.5 Å². The third-order valence-corrected chi connectivity index (χ3v) is 4.14. The molecule has 0 amide bonds. The van der Waals surface area contributed by atoms with Crippen LogP contribution >= 0.6 is 22.9 Å². The molecule has 1 unspecified atom stereocenters. The van der Waals surface area contributed by atoms with E-state index in [0.717, 1.165) is 16.3 Å². The zero-order valence-corrected chi connectivity index (χ0v) is 12.1. The predicted molar refractivity (Wildman–Crippen MR) is 80.7 cm³/mol. The predicted octanol–water partition coefficient (Wildman–Crippen LogP) is 3.71. The smallest absolute Gasteiger partial charge is 0.0931 e. The summed E-state index contributed by atoms with van der Waals surface area (Å²) in [6.45, 7) is 0. The maximum Gasteiger partial charge on any atom is 0.0931 e. The first-order chi connectivity index (χ1) is 8.56. The number of hydrogen-bond acceptors (Lipinski definition) is 3. The van der Waals surface area contributed by atoms with Gasteiger partial charge in [0.2, 0.25) is 0 Å². The standard InChI is InChI=1S/C14H17ClN2S/c1-17(2)11-5-3-10(4-6-11)13(16)9-12-7-8-14(15)18-12/h3-8,13H,9,16H2,1-2H3. The third-order valence-electron chi connectivity index (χ3n) is 2.89. The molecule has 18 heavy (non-hydrogen) atoms. The van der Waals surface area contributed by atoms with E-state index in [1.54, 1.807) is 11.3 Å². The van der Waals surface area contributed by atoms with E-state index < -0.39 is 0 Å². The molecule has 0 bridgehead atoms. The molecule has 0 fully saturated rings. The second kappa shape index (κ2) is 5.74. The molecular weight excluding hydrogens is 264 g/mol. The molecule has 0 saturated carbocycles. The summed E-state index contributed by atoms with van der Waals surface area (Å²) in [7, 11) is 4.06. The largest absolute Gasteiger partial charge is 0.378 e. The maximum atomic E-state index is 6.21. The van der Waals surface area contributed by atoms with Gasteiger partial charge in [-0.1, -0.05) is 23.7 Å². The van der Waals surface area contributed by atoms with Crippen LogP contribution in [0.25, 0.3) is 0 Å². The summed E-state index contributed by atoms with van der Waals surface area (Å²) in [5.74, 6) is 0. The molecule has 2 aromatic rings. The second-order valence-electron chi connectivity index (χ2n) is 4.50. The Bertz CT molecular complexity index is 505. The van der Waals surface area contributed by atoms with Crippen LogP contribution in [-0.2, 0) is 6.42 Å². The van der Waals surface area contributed by atoms with Crippen molar-refractivity contribution in [3.63, 3.8) is 0 Å². The first-order valence-electron chi connectivity index (χ1n) is 5.83. The highest BCUT2D eigenvalue weighted by molar-refractivity contribution is 7.16. The van der Waals surface area contributed by atoms with Gasteiger partial charge in [0.15, 0.2) is 0 Å². The van der Waals surface area contributed by atoms with Gasteiger partial charge in [-0.25, -0.2) is 0 Å². The Morgan fingerprint density at radius 1 is 1.17 bits per heavy atom. The third kappa shape index (κ3) is 3.25. The molecule has 1 aromatic carbocycles. The van der Waals surface area contributed by atoms with Crippen LogP contribution < -0.4 is 10.6 Å². The number of benzene rings is 1. The molecule has 1 aromatic heterocycles. The fourth-order valence-electron chi connectivity index (χ4n) is 1.82. The van der Waals surface area contributed by atoms with Crippen molar-refractivity contribution in [1.29, 1.82) is 0 Å². The van der Waals surface area contributed by atoms with Crippen LogP contribution in [0.15, 0.2) is 36.4 Å². The SMILES string of the molecule is CN(C)c1ccc(C(N)Cc2ccc(Cl)s2)cc1. The fraction of sp³-hybridized carbons (Fsp3) is 0.286. The van der Waals surface area contributed by atoms with E-state index in [1.807, 2.05) is 26.2 Å². The zero-order chi connectivity index (χ0) is 13.1. The first-order valence-corrected chi connectivity index (χ1v) is 7.03. The highest BCUT2D eigenvalue weighted by Crippen LogP contribution is 2.26. The zero-order valence-electron chi connectivity index (χ0n) is 10.6. The molecule has 2 nitrogen and oxygen atoms in total. The van der Waals surface area contributed by atoms with Crippen molar-refractivity contribution in [2.24, 2.45) is 5.73 Å². The molecule has 0 aliphatic rings. The van der Waals surface area contributed by atoms with E-state index >= 15 is 0 Å². The average molecular weight is 281 g/mol. The average Bonchev–Trinajstić information content (AvgIpc) is 2.75. The Hall–Kier alpha value is -1.03. The van der Waals surface area contributed by atoms with Gasteiger partial charge in [-0.2, -0.15) is 0 Å². The first kappa shape index (κ1) is 13.4. The second-order valence-corrected chi connectivity index (χ2v) is 6.30. The van der Waals surface area contributed by atoms with Gasteiger partial charge in [-0.05, 0) is 29.8 Å². The normalized spacial score (nSPS) is 12.4. The molecular formula is C14H17ClN2S. The van der Waals surface area contributed by atoms with Crippen molar-refractivity contribution in [2.45, 2.75) is 12.5 Å². The number of thiophene rings is 1. The van der Waals surface area contributed by atoms with Gasteiger partial charge in [-0.15, -0.1) is 11.3 Å². The van der Waals surface area contributed by atoms with E-state index in [2.05, 4.69) is 29.2 Å². The Labute approximate surface area is 117 Å². The van der Waals surface area contributed by atoms with E-state index in [-0.39, 0.29) is 6.04 Å². The minimum atomic E-state index is 0.0240. The Balaban J connectivity index is 2.06. The molecule has 0 aliphatic heterocycles. The maximum absolute atomic E-state index is 6.21. The van der Waals surface area contributed by atoms with Gasteiger partial charge in [-0.3, -0.25) is 0 Å². The topological polar surface area (TPSA) is 29.3 Å². The highest BCUT2D eigenvalue weighted by Gasteiger charge is 2.09. The minimum absolute atomic E-state index is 0.0240. The van der Waals surface area contributed by atoms with Crippen LogP contribution in [-0.4, -0.2) is 14.1 Å². The van der Waals surface area contributed by atoms with Gasteiger partial charge in [0.1, 0.15) is 0 Å². The van der Waals surface area contributed by atoms with Crippen molar-refractivity contribution >= 4 is 28.6 Å². The molecule has 2 rings (SSSR count). The summed E-state index contributed by atoms with van der Waals surface area (Å²) in [6.07, 6.45) is 0.832. The summed E-state index contributed by atoms with van der Waals surface area (Å²) >= 11 is 7.51. The molecule has 0 aliphatic carbocycles. The monoisotopic (exact) mass is 280 g/mol. The summed E-state index contributed by atoms with van der Waals surface area (Å²) in [5, 5.41) is 0. The number of nitrogens with zero attached hydrogens (tertiary/aromatic N) is 1. The Kier molecular flexibility index (Phi) is 4.27. The van der Waals surface area contributed by atoms with Crippen LogP contribution in [0.3, 0.4) is 0 Å². The van der Waals surface area contributed by atoms with Crippen molar-refractivity contribution in [3.05, 3.63) is 51.2 Å².